The maximum Gasteiger partial charge on any atom is 0.253 e. The van der Waals surface area contributed by atoms with Gasteiger partial charge in [0, 0.05) is 23.8 Å². The Morgan fingerprint density at radius 1 is 0.943 bits per heavy atom. The minimum absolute atomic E-state index is 0.236. The molecule has 3 aromatic carbocycles. The predicted molar refractivity (Wildman–Crippen MR) is 137 cm³/mol. The molecular formula is C28H22FN5O. The molecule has 0 aliphatic rings. The van der Waals surface area contributed by atoms with Gasteiger partial charge in [0.1, 0.15) is 5.82 Å². The van der Waals surface area contributed by atoms with Gasteiger partial charge in [0.2, 0.25) is 0 Å². The van der Waals surface area contributed by atoms with Crippen LogP contribution in [-0.4, -0.2) is 21.1 Å². The van der Waals surface area contributed by atoms with Crippen molar-refractivity contribution < 1.29 is 9.18 Å². The van der Waals surface area contributed by atoms with Gasteiger partial charge in [-0.25, -0.2) is 4.39 Å². The normalized spacial score (nSPS) is 11.1. The zero-order valence-corrected chi connectivity index (χ0v) is 18.7. The van der Waals surface area contributed by atoms with Gasteiger partial charge in [-0.2, -0.15) is 5.10 Å². The van der Waals surface area contributed by atoms with Gasteiger partial charge in [-0.1, -0.05) is 30.3 Å². The molecule has 2 heterocycles. The second-order valence-corrected chi connectivity index (χ2v) is 7.94. The molecule has 35 heavy (non-hydrogen) atoms. The molecule has 0 fully saturated rings. The van der Waals surface area contributed by atoms with Crippen LogP contribution < -0.4 is 10.6 Å². The van der Waals surface area contributed by atoms with Crippen LogP contribution in [0.15, 0.2) is 91.1 Å². The highest BCUT2D eigenvalue weighted by molar-refractivity contribution is 6.00. The third-order valence-corrected chi connectivity index (χ3v) is 5.48. The molecule has 0 bridgehead atoms. The molecule has 6 nitrogen and oxygen atoms in total. The molecule has 172 valence electrons. The van der Waals surface area contributed by atoms with Gasteiger partial charge in [-0.05, 0) is 72.3 Å². The van der Waals surface area contributed by atoms with Gasteiger partial charge in [0.25, 0.3) is 5.91 Å². The number of hydrogen-bond donors (Lipinski definition) is 3. The quantitative estimate of drug-likeness (QED) is 0.279. The Balaban J connectivity index is 1.32. The molecule has 0 unspecified atom stereocenters. The fraction of sp³-hybridized carbons (Fsp3) is 0.0357. The first kappa shape index (κ1) is 22.0. The van der Waals surface area contributed by atoms with Crippen molar-refractivity contribution >= 4 is 40.3 Å². The number of anilines is 2. The van der Waals surface area contributed by atoms with Gasteiger partial charge < -0.3 is 10.6 Å². The minimum Gasteiger partial charge on any atom is -0.355 e. The van der Waals surface area contributed by atoms with E-state index in [4.69, 9.17) is 0 Å². The van der Waals surface area contributed by atoms with Crippen molar-refractivity contribution in [2.75, 3.05) is 5.32 Å². The lowest BCUT2D eigenvalue weighted by atomic mass is 10.1. The number of amides is 1. The Hall–Kier alpha value is -4.78. The first-order valence-electron chi connectivity index (χ1n) is 11.1. The number of halogens is 1. The van der Waals surface area contributed by atoms with E-state index in [1.54, 1.807) is 30.5 Å². The van der Waals surface area contributed by atoms with Crippen molar-refractivity contribution in [3.63, 3.8) is 0 Å². The number of nitrogens with one attached hydrogen (secondary N) is 3. The van der Waals surface area contributed by atoms with Crippen molar-refractivity contribution in [1.82, 2.24) is 20.5 Å². The average molecular weight is 464 g/mol. The Kier molecular flexibility index (Phi) is 6.30. The fourth-order valence-corrected chi connectivity index (χ4v) is 3.75. The number of carbonyl (C=O) groups excluding carboxylic acids is 1. The van der Waals surface area contributed by atoms with E-state index in [9.17, 15) is 9.18 Å². The Labute approximate surface area is 201 Å². The monoisotopic (exact) mass is 463 g/mol. The van der Waals surface area contributed by atoms with Gasteiger partial charge in [0.15, 0.2) is 0 Å². The van der Waals surface area contributed by atoms with Crippen LogP contribution in [0, 0.1) is 5.82 Å². The minimum atomic E-state index is -0.330. The van der Waals surface area contributed by atoms with Gasteiger partial charge in [0.05, 0.1) is 28.2 Å². The van der Waals surface area contributed by atoms with Gasteiger partial charge in [-0.3, -0.25) is 14.9 Å². The average Bonchev–Trinajstić information content (AvgIpc) is 3.29. The molecule has 0 spiro atoms. The molecule has 0 saturated carbocycles. The standard InChI is InChI=1S/C28H22FN5O/c29-20-7-5-6-19(16-20)18-31-28(35)24-9-1-2-10-25(24)32-22-11-13-23-26(33-34-27(23)17-22)14-12-21-8-3-4-15-30-21/h1-17,32H,18H2,(H,31,35)(H,33,34)/b14-12+. The summed E-state index contributed by atoms with van der Waals surface area (Å²) in [5.41, 5.74) is 5.20. The number of benzene rings is 3. The predicted octanol–water partition coefficient (Wildman–Crippen LogP) is 5.94. The number of para-hydroxylation sites is 1. The van der Waals surface area contributed by atoms with E-state index in [-0.39, 0.29) is 18.3 Å². The summed E-state index contributed by atoms with van der Waals surface area (Å²) in [6.07, 6.45) is 5.59. The van der Waals surface area contributed by atoms with Crippen LogP contribution >= 0.6 is 0 Å². The molecular weight excluding hydrogens is 441 g/mol. The molecule has 3 N–H and O–H groups in total. The topological polar surface area (TPSA) is 82.7 Å². The number of fused-ring (bicyclic) bond motifs is 1. The van der Waals surface area contributed by atoms with Crippen molar-refractivity contribution in [1.29, 1.82) is 0 Å². The highest BCUT2D eigenvalue weighted by Gasteiger charge is 2.12. The van der Waals surface area contributed by atoms with Crippen LogP contribution in [0.4, 0.5) is 15.8 Å². The molecule has 5 aromatic rings. The second-order valence-electron chi connectivity index (χ2n) is 7.94. The zero-order chi connectivity index (χ0) is 24.0. The van der Waals surface area contributed by atoms with Crippen LogP contribution in [0.2, 0.25) is 0 Å². The van der Waals surface area contributed by atoms with Gasteiger partial charge >= 0.3 is 0 Å². The second kappa shape index (κ2) is 10.0. The van der Waals surface area contributed by atoms with Gasteiger partial charge in [-0.15, -0.1) is 0 Å². The van der Waals surface area contributed by atoms with E-state index in [0.29, 0.717) is 16.8 Å². The fourth-order valence-electron chi connectivity index (χ4n) is 3.75. The molecule has 0 atom stereocenters. The lowest BCUT2D eigenvalue weighted by Gasteiger charge is -2.12. The number of pyridine rings is 1. The van der Waals surface area contributed by atoms with E-state index in [1.165, 1.54) is 12.1 Å². The lowest BCUT2D eigenvalue weighted by molar-refractivity contribution is 0.0951. The number of hydrogen-bond acceptors (Lipinski definition) is 4. The van der Waals surface area contributed by atoms with Crippen molar-refractivity contribution in [3.8, 4) is 0 Å². The molecule has 0 aliphatic heterocycles. The summed E-state index contributed by atoms with van der Waals surface area (Å²) in [4.78, 5) is 17.1. The molecule has 5 rings (SSSR count). The highest BCUT2D eigenvalue weighted by Crippen LogP contribution is 2.26. The summed E-state index contributed by atoms with van der Waals surface area (Å²) in [6, 6.07) is 25.0. The van der Waals surface area contributed by atoms with Crippen LogP contribution in [0.3, 0.4) is 0 Å². The molecule has 0 saturated heterocycles. The van der Waals surface area contributed by atoms with E-state index in [1.807, 2.05) is 60.7 Å². The summed E-state index contributed by atoms with van der Waals surface area (Å²) in [5, 5.41) is 14.6. The van der Waals surface area contributed by atoms with Crippen LogP contribution in [-0.2, 0) is 6.54 Å². The number of aromatic nitrogens is 3. The smallest absolute Gasteiger partial charge is 0.253 e. The SMILES string of the molecule is O=C(NCc1cccc(F)c1)c1ccccc1Nc1ccc2c(/C=C/c3ccccn3)n[nH]c2c1. The lowest BCUT2D eigenvalue weighted by Crippen LogP contribution is -2.23. The first-order chi connectivity index (χ1) is 17.2. The van der Waals surface area contributed by atoms with E-state index in [2.05, 4.69) is 25.8 Å². The number of aromatic amines is 1. The van der Waals surface area contributed by atoms with E-state index >= 15 is 0 Å². The summed E-state index contributed by atoms with van der Waals surface area (Å²) >= 11 is 0. The van der Waals surface area contributed by atoms with Crippen LogP contribution in [0.1, 0.15) is 27.3 Å². The third kappa shape index (κ3) is 5.25. The van der Waals surface area contributed by atoms with Crippen LogP contribution in [0.25, 0.3) is 23.1 Å². The molecule has 0 radical (unpaired) electrons. The zero-order valence-electron chi connectivity index (χ0n) is 18.7. The number of carbonyl (C=O) groups is 1. The summed E-state index contributed by atoms with van der Waals surface area (Å²) < 4.78 is 13.4. The summed E-state index contributed by atoms with van der Waals surface area (Å²) in [6.45, 7) is 0.236. The van der Waals surface area contributed by atoms with Crippen molar-refractivity contribution in [2.24, 2.45) is 0 Å². The highest BCUT2D eigenvalue weighted by atomic mass is 19.1. The largest absolute Gasteiger partial charge is 0.355 e. The Morgan fingerprint density at radius 3 is 2.69 bits per heavy atom. The number of H-pyrrole nitrogens is 1. The van der Waals surface area contributed by atoms with Crippen LogP contribution in [0.5, 0.6) is 0 Å². The van der Waals surface area contributed by atoms with Crippen molar-refractivity contribution in [3.05, 3.63) is 119 Å². The molecule has 7 heteroatoms. The Bertz CT molecular complexity index is 1510. The molecule has 0 aliphatic carbocycles. The summed E-state index contributed by atoms with van der Waals surface area (Å²) in [5.74, 6) is -0.578. The summed E-state index contributed by atoms with van der Waals surface area (Å²) in [7, 11) is 0. The molecule has 2 aromatic heterocycles. The maximum absolute atomic E-state index is 13.4. The third-order valence-electron chi connectivity index (χ3n) is 5.48. The number of nitrogens with zero attached hydrogens (tertiary/aromatic N) is 2. The first-order valence-corrected chi connectivity index (χ1v) is 11.1. The Morgan fingerprint density at radius 2 is 1.83 bits per heavy atom. The van der Waals surface area contributed by atoms with E-state index in [0.717, 1.165) is 28.0 Å². The maximum atomic E-state index is 13.4. The van der Waals surface area contributed by atoms with E-state index < -0.39 is 0 Å². The van der Waals surface area contributed by atoms with Crippen molar-refractivity contribution in [2.45, 2.75) is 6.54 Å². The molecule has 1 amide bonds. The number of rotatable bonds is 7.